The van der Waals surface area contributed by atoms with E-state index in [2.05, 4.69) is 49.0 Å². The van der Waals surface area contributed by atoms with Crippen LogP contribution in [0.25, 0.3) is 10.9 Å². The second kappa shape index (κ2) is 8.38. The van der Waals surface area contributed by atoms with E-state index in [0.717, 1.165) is 29.6 Å². The predicted octanol–water partition coefficient (Wildman–Crippen LogP) is 3.20. The van der Waals surface area contributed by atoms with Crippen LogP contribution in [-0.4, -0.2) is 36.1 Å². The summed E-state index contributed by atoms with van der Waals surface area (Å²) < 4.78 is 0. The summed E-state index contributed by atoms with van der Waals surface area (Å²) in [4.78, 5) is 19.3. The number of hydrogen-bond acceptors (Lipinski definition) is 5. The monoisotopic (exact) mass is 393 g/mol. The van der Waals surface area contributed by atoms with E-state index in [0.29, 0.717) is 24.4 Å². The first-order valence-corrected chi connectivity index (χ1v) is 10.3. The van der Waals surface area contributed by atoms with Gasteiger partial charge in [-0.1, -0.05) is 27.7 Å². The number of nitrogens with two attached hydrogens (primary N) is 1. The lowest BCUT2D eigenvalue weighted by Gasteiger charge is -2.39. The van der Waals surface area contributed by atoms with E-state index in [-0.39, 0.29) is 17.4 Å². The maximum atomic E-state index is 12.6. The number of nitrogens with one attached hydrogen (secondary N) is 1. The van der Waals surface area contributed by atoms with Gasteiger partial charge in [0.25, 0.3) is 0 Å². The van der Waals surface area contributed by atoms with Gasteiger partial charge in [0.1, 0.15) is 6.07 Å². The van der Waals surface area contributed by atoms with Crippen LogP contribution in [0.3, 0.4) is 0 Å². The molecule has 1 unspecified atom stereocenters. The van der Waals surface area contributed by atoms with Gasteiger partial charge in [0.15, 0.2) is 0 Å². The van der Waals surface area contributed by atoms with Crippen LogP contribution < -0.4 is 16.0 Å². The highest BCUT2D eigenvalue weighted by atomic mass is 16.2. The number of amides is 1. The first kappa shape index (κ1) is 21.1. The number of rotatable bonds is 4. The van der Waals surface area contributed by atoms with Gasteiger partial charge >= 0.3 is 0 Å². The van der Waals surface area contributed by atoms with Gasteiger partial charge in [0, 0.05) is 36.4 Å². The fourth-order valence-corrected chi connectivity index (χ4v) is 4.24. The van der Waals surface area contributed by atoms with Crippen molar-refractivity contribution in [2.75, 3.05) is 18.0 Å². The molecule has 1 aliphatic heterocycles. The van der Waals surface area contributed by atoms with Gasteiger partial charge in [-0.2, -0.15) is 5.26 Å². The SMILES string of the molecule is C[C@H]1C[C@@H](NC(=O)C(N)CC(C)(C)C)CN(c2ccc(C#N)c3ncccc23)C1. The number of aromatic nitrogens is 1. The van der Waals surface area contributed by atoms with E-state index in [9.17, 15) is 10.1 Å². The molecule has 2 heterocycles. The van der Waals surface area contributed by atoms with Crippen LogP contribution in [-0.2, 0) is 4.79 Å². The van der Waals surface area contributed by atoms with Crippen LogP contribution in [0.2, 0.25) is 0 Å². The zero-order chi connectivity index (χ0) is 21.2. The molecule has 3 atom stereocenters. The number of hydrogen-bond donors (Lipinski definition) is 2. The summed E-state index contributed by atoms with van der Waals surface area (Å²) in [7, 11) is 0. The molecule has 6 heteroatoms. The minimum atomic E-state index is -0.499. The van der Waals surface area contributed by atoms with Crippen molar-refractivity contribution >= 4 is 22.5 Å². The summed E-state index contributed by atoms with van der Waals surface area (Å²) in [5, 5.41) is 13.5. The maximum absolute atomic E-state index is 12.6. The Bertz CT molecular complexity index is 927. The van der Waals surface area contributed by atoms with Gasteiger partial charge in [-0.05, 0) is 48.4 Å². The first-order chi connectivity index (χ1) is 13.7. The van der Waals surface area contributed by atoms with E-state index >= 15 is 0 Å². The summed E-state index contributed by atoms with van der Waals surface area (Å²) in [5.41, 5.74) is 8.50. The van der Waals surface area contributed by atoms with Crippen molar-refractivity contribution in [1.29, 1.82) is 5.26 Å². The Morgan fingerprint density at radius 3 is 2.83 bits per heavy atom. The molecule has 1 amide bonds. The molecule has 3 N–H and O–H groups in total. The zero-order valence-electron chi connectivity index (χ0n) is 17.8. The molecule has 1 aliphatic rings. The lowest BCUT2D eigenvalue weighted by Crippen LogP contribution is -2.54. The average Bonchev–Trinajstić information content (AvgIpc) is 2.65. The highest BCUT2D eigenvalue weighted by Crippen LogP contribution is 2.31. The lowest BCUT2D eigenvalue weighted by molar-refractivity contribution is -0.123. The lowest BCUT2D eigenvalue weighted by atomic mass is 9.88. The molecule has 154 valence electrons. The molecule has 6 nitrogen and oxygen atoms in total. The van der Waals surface area contributed by atoms with Gasteiger partial charge < -0.3 is 16.0 Å². The number of benzene rings is 1. The van der Waals surface area contributed by atoms with Crippen LogP contribution in [0.15, 0.2) is 30.5 Å². The smallest absolute Gasteiger partial charge is 0.237 e. The van der Waals surface area contributed by atoms with E-state index in [1.54, 1.807) is 6.20 Å². The first-order valence-electron chi connectivity index (χ1n) is 10.3. The second-order valence-corrected chi connectivity index (χ2v) is 9.47. The highest BCUT2D eigenvalue weighted by molar-refractivity contribution is 5.95. The van der Waals surface area contributed by atoms with Crippen molar-refractivity contribution < 1.29 is 4.79 Å². The minimum absolute atomic E-state index is 0.0110. The third-order valence-corrected chi connectivity index (χ3v) is 5.38. The standard InChI is InChI=1S/C23H31N5O/c1-15-10-17(27-22(29)19(25)11-23(2,3)4)14-28(13-15)20-8-7-16(12-24)21-18(20)6-5-9-26-21/h5-9,15,17,19H,10-11,13-14,25H2,1-4H3,(H,27,29)/t15-,17+,19?/m0/s1. The van der Waals surface area contributed by atoms with Crippen molar-refractivity contribution in [2.45, 2.75) is 52.6 Å². The zero-order valence-corrected chi connectivity index (χ0v) is 17.8. The Morgan fingerprint density at radius 2 is 2.14 bits per heavy atom. The van der Waals surface area contributed by atoms with Gasteiger partial charge in [-0.3, -0.25) is 9.78 Å². The number of nitriles is 1. The fourth-order valence-electron chi connectivity index (χ4n) is 4.24. The number of nitrogens with zero attached hydrogens (tertiary/aromatic N) is 3. The summed E-state index contributed by atoms with van der Waals surface area (Å²) in [5.74, 6) is 0.348. The summed E-state index contributed by atoms with van der Waals surface area (Å²) >= 11 is 0. The Hall–Kier alpha value is -2.65. The van der Waals surface area contributed by atoms with Crippen LogP contribution in [0.5, 0.6) is 0 Å². The molecule has 0 radical (unpaired) electrons. The van der Waals surface area contributed by atoms with E-state index in [1.165, 1.54) is 0 Å². The highest BCUT2D eigenvalue weighted by Gasteiger charge is 2.29. The number of carbonyl (C=O) groups excluding carboxylic acids is 1. The van der Waals surface area contributed by atoms with Crippen molar-refractivity contribution in [3.63, 3.8) is 0 Å². The number of pyridine rings is 1. The number of fused-ring (bicyclic) bond motifs is 1. The molecule has 0 aliphatic carbocycles. The number of piperidine rings is 1. The number of carbonyl (C=O) groups is 1. The predicted molar refractivity (Wildman–Crippen MR) is 116 cm³/mol. The molecule has 1 aromatic carbocycles. The Balaban J connectivity index is 1.80. The molecule has 3 rings (SSSR count). The van der Waals surface area contributed by atoms with Gasteiger partial charge in [0.2, 0.25) is 5.91 Å². The molecule has 1 saturated heterocycles. The molecule has 2 aromatic rings. The molecule has 0 spiro atoms. The summed E-state index contributed by atoms with van der Waals surface area (Å²) in [6.45, 7) is 10.1. The molecule has 1 aromatic heterocycles. The summed E-state index contributed by atoms with van der Waals surface area (Å²) in [6.07, 6.45) is 3.29. The summed E-state index contributed by atoms with van der Waals surface area (Å²) in [6, 6.07) is 9.48. The van der Waals surface area contributed by atoms with Crippen LogP contribution in [0.1, 0.15) is 46.1 Å². The van der Waals surface area contributed by atoms with Crippen molar-refractivity contribution in [3.05, 3.63) is 36.0 Å². The van der Waals surface area contributed by atoms with Crippen LogP contribution in [0.4, 0.5) is 5.69 Å². The van der Waals surface area contributed by atoms with Crippen LogP contribution in [0, 0.1) is 22.7 Å². The minimum Gasteiger partial charge on any atom is -0.369 e. The Kier molecular flexibility index (Phi) is 6.09. The number of anilines is 1. The van der Waals surface area contributed by atoms with Crippen molar-refractivity contribution in [3.8, 4) is 6.07 Å². The van der Waals surface area contributed by atoms with Crippen molar-refractivity contribution in [1.82, 2.24) is 10.3 Å². The molecule has 29 heavy (non-hydrogen) atoms. The van der Waals surface area contributed by atoms with Gasteiger partial charge in [-0.25, -0.2) is 0 Å². The van der Waals surface area contributed by atoms with Gasteiger partial charge in [0.05, 0.1) is 17.1 Å². The molecule has 0 bridgehead atoms. The molecule has 1 fully saturated rings. The Labute approximate surface area is 173 Å². The third-order valence-electron chi connectivity index (χ3n) is 5.38. The fraction of sp³-hybridized carbons (Fsp3) is 0.522. The van der Waals surface area contributed by atoms with Crippen LogP contribution >= 0.6 is 0 Å². The normalized spacial score (nSPS) is 20.9. The average molecular weight is 394 g/mol. The molecular weight excluding hydrogens is 362 g/mol. The largest absolute Gasteiger partial charge is 0.369 e. The third kappa shape index (κ3) is 5.04. The second-order valence-electron chi connectivity index (χ2n) is 9.47. The quantitative estimate of drug-likeness (QED) is 0.832. The topological polar surface area (TPSA) is 95.0 Å². The van der Waals surface area contributed by atoms with E-state index < -0.39 is 6.04 Å². The Morgan fingerprint density at radius 1 is 1.38 bits per heavy atom. The maximum Gasteiger partial charge on any atom is 0.237 e. The molecule has 0 saturated carbocycles. The van der Waals surface area contributed by atoms with E-state index in [1.807, 2.05) is 24.3 Å². The molecular formula is C23H31N5O. The van der Waals surface area contributed by atoms with Gasteiger partial charge in [-0.15, -0.1) is 0 Å². The van der Waals surface area contributed by atoms with E-state index in [4.69, 9.17) is 5.73 Å². The van der Waals surface area contributed by atoms with Crippen molar-refractivity contribution in [2.24, 2.45) is 17.1 Å².